The molecule has 1 aromatic carbocycles. The van der Waals surface area contributed by atoms with E-state index in [-0.39, 0.29) is 5.91 Å². The third kappa shape index (κ3) is 3.08. The Kier molecular flexibility index (Phi) is 4.34. The van der Waals surface area contributed by atoms with Gasteiger partial charge in [-0.3, -0.25) is 4.79 Å². The Labute approximate surface area is 147 Å². The SMILES string of the molecule is CCc1nccn1[C@@H]1CCCN(C(=O)c2ccc3c(c2)OCCO3)C1. The number of hydrogen-bond acceptors (Lipinski definition) is 4. The topological polar surface area (TPSA) is 56.6 Å². The predicted octanol–water partition coefficient (Wildman–Crippen LogP) is 2.69. The van der Waals surface area contributed by atoms with Crippen molar-refractivity contribution in [2.24, 2.45) is 0 Å². The molecule has 2 aliphatic heterocycles. The van der Waals surface area contributed by atoms with Gasteiger partial charge < -0.3 is 18.9 Å². The van der Waals surface area contributed by atoms with Gasteiger partial charge in [-0.05, 0) is 31.0 Å². The summed E-state index contributed by atoms with van der Waals surface area (Å²) in [5, 5.41) is 0. The van der Waals surface area contributed by atoms with Gasteiger partial charge in [0, 0.05) is 37.5 Å². The molecule has 1 atom stereocenters. The lowest BCUT2D eigenvalue weighted by atomic mass is 10.0. The number of nitrogens with zero attached hydrogens (tertiary/aromatic N) is 3. The maximum Gasteiger partial charge on any atom is 0.254 e. The number of fused-ring (bicyclic) bond motifs is 1. The number of rotatable bonds is 3. The Bertz CT molecular complexity index is 771. The fraction of sp³-hybridized carbons (Fsp3) is 0.474. The molecular formula is C19H23N3O3. The maximum absolute atomic E-state index is 13.0. The molecule has 6 nitrogen and oxygen atoms in total. The minimum Gasteiger partial charge on any atom is -0.486 e. The molecule has 1 saturated heterocycles. The molecule has 0 N–H and O–H groups in total. The van der Waals surface area contributed by atoms with E-state index in [9.17, 15) is 4.79 Å². The van der Waals surface area contributed by atoms with Crippen LogP contribution in [-0.4, -0.2) is 46.7 Å². The highest BCUT2D eigenvalue weighted by molar-refractivity contribution is 5.95. The first-order valence-electron chi connectivity index (χ1n) is 8.97. The second-order valence-corrected chi connectivity index (χ2v) is 6.51. The lowest BCUT2D eigenvalue weighted by Gasteiger charge is -2.34. The van der Waals surface area contributed by atoms with E-state index in [0.29, 0.717) is 36.3 Å². The predicted molar refractivity (Wildman–Crippen MR) is 93.2 cm³/mol. The van der Waals surface area contributed by atoms with Crippen LogP contribution in [0.1, 0.15) is 42.0 Å². The van der Waals surface area contributed by atoms with Crippen molar-refractivity contribution in [3.8, 4) is 11.5 Å². The van der Waals surface area contributed by atoms with E-state index in [4.69, 9.17) is 9.47 Å². The minimum atomic E-state index is 0.0554. The van der Waals surface area contributed by atoms with E-state index in [1.54, 1.807) is 6.07 Å². The third-order valence-corrected chi connectivity index (χ3v) is 4.93. The number of carbonyl (C=O) groups excluding carboxylic acids is 1. The van der Waals surface area contributed by atoms with Crippen LogP contribution in [0.2, 0.25) is 0 Å². The Hall–Kier alpha value is -2.50. The number of imidazole rings is 1. The summed E-state index contributed by atoms with van der Waals surface area (Å²) in [6.07, 6.45) is 6.86. The van der Waals surface area contributed by atoms with Gasteiger partial charge in [0.05, 0.1) is 6.04 Å². The zero-order valence-corrected chi connectivity index (χ0v) is 14.5. The summed E-state index contributed by atoms with van der Waals surface area (Å²) in [5.41, 5.74) is 0.659. The molecule has 0 radical (unpaired) electrons. The van der Waals surface area contributed by atoms with Gasteiger partial charge in [0.15, 0.2) is 11.5 Å². The quantitative estimate of drug-likeness (QED) is 0.861. The number of piperidine rings is 1. The van der Waals surface area contributed by atoms with Crippen LogP contribution in [0.25, 0.3) is 0 Å². The molecule has 3 heterocycles. The lowest BCUT2D eigenvalue weighted by Crippen LogP contribution is -2.41. The number of aromatic nitrogens is 2. The standard InChI is InChI=1S/C19H23N3O3/c1-2-18-20-7-9-22(18)15-4-3-8-21(13-15)19(23)14-5-6-16-17(12-14)25-11-10-24-16/h5-7,9,12,15H,2-4,8,10-11,13H2,1H3/t15-/m1/s1. The van der Waals surface area contributed by atoms with Gasteiger partial charge >= 0.3 is 0 Å². The second-order valence-electron chi connectivity index (χ2n) is 6.51. The molecule has 25 heavy (non-hydrogen) atoms. The first-order valence-corrected chi connectivity index (χ1v) is 8.97. The monoisotopic (exact) mass is 341 g/mol. The van der Waals surface area contributed by atoms with Gasteiger partial charge in [0.25, 0.3) is 5.91 Å². The summed E-state index contributed by atoms with van der Waals surface area (Å²) < 4.78 is 13.4. The van der Waals surface area contributed by atoms with Crippen molar-refractivity contribution in [3.05, 3.63) is 42.0 Å². The second kappa shape index (κ2) is 6.78. The molecule has 0 bridgehead atoms. The molecule has 2 aromatic rings. The Morgan fingerprint density at radius 1 is 1.28 bits per heavy atom. The maximum atomic E-state index is 13.0. The van der Waals surface area contributed by atoms with E-state index in [1.807, 2.05) is 29.4 Å². The zero-order chi connectivity index (χ0) is 17.2. The highest BCUT2D eigenvalue weighted by Gasteiger charge is 2.27. The average molecular weight is 341 g/mol. The van der Waals surface area contributed by atoms with Crippen LogP contribution >= 0.6 is 0 Å². The number of benzene rings is 1. The van der Waals surface area contributed by atoms with Crippen LogP contribution in [0, 0.1) is 0 Å². The fourth-order valence-electron chi connectivity index (χ4n) is 3.68. The molecule has 1 fully saturated rings. The summed E-state index contributed by atoms with van der Waals surface area (Å²) in [5.74, 6) is 2.51. The van der Waals surface area contributed by atoms with Gasteiger partial charge in [-0.25, -0.2) is 4.98 Å². The first kappa shape index (κ1) is 16.0. The Balaban J connectivity index is 1.52. The van der Waals surface area contributed by atoms with Crippen molar-refractivity contribution in [3.63, 3.8) is 0 Å². The molecule has 1 aromatic heterocycles. The summed E-state index contributed by atoms with van der Waals surface area (Å²) in [7, 11) is 0. The number of likely N-dealkylation sites (tertiary alicyclic amines) is 1. The van der Waals surface area contributed by atoms with Crippen molar-refractivity contribution in [2.45, 2.75) is 32.2 Å². The van der Waals surface area contributed by atoms with E-state index < -0.39 is 0 Å². The number of carbonyl (C=O) groups is 1. The normalized spacial score (nSPS) is 19.7. The van der Waals surface area contributed by atoms with Crippen molar-refractivity contribution in [2.75, 3.05) is 26.3 Å². The number of ether oxygens (including phenoxy) is 2. The number of aryl methyl sites for hydroxylation is 1. The lowest BCUT2D eigenvalue weighted by molar-refractivity contribution is 0.0677. The van der Waals surface area contributed by atoms with Crippen LogP contribution in [0.15, 0.2) is 30.6 Å². The highest BCUT2D eigenvalue weighted by Crippen LogP contribution is 2.32. The summed E-state index contributed by atoms with van der Waals surface area (Å²) in [6.45, 7) is 4.70. The van der Waals surface area contributed by atoms with E-state index >= 15 is 0 Å². The molecule has 0 aliphatic carbocycles. The molecule has 2 aliphatic rings. The van der Waals surface area contributed by atoms with Crippen molar-refractivity contribution in [1.29, 1.82) is 0 Å². The fourth-order valence-corrected chi connectivity index (χ4v) is 3.68. The van der Waals surface area contributed by atoms with Crippen molar-refractivity contribution >= 4 is 5.91 Å². The van der Waals surface area contributed by atoms with Crippen molar-refractivity contribution < 1.29 is 14.3 Å². The van der Waals surface area contributed by atoms with Gasteiger partial charge in [-0.1, -0.05) is 6.92 Å². The average Bonchev–Trinajstić information content (AvgIpc) is 3.16. The van der Waals surface area contributed by atoms with Crippen LogP contribution < -0.4 is 9.47 Å². The molecule has 4 rings (SSSR count). The molecule has 0 spiro atoms. The molecule has 132 valence electrons. The summed E-state index contributed by atoms with van der Waals surface area (Å²) in [6, 6.07) is 5.75. The number of amides is 1. The molecule has 1 amide bonds. The van der Waals surface area contributed by atoms with Gasteiger partial charge in [0.2, 0.25) is 0 Å². The largest absolute Gasteiger partial charge is 0.486 e. The van der Waals surface area contributed by atoms with E-state index in [2.05, 4.69) is 16.5 Å². The third-order valence-electron chi connectivity index (χ3n) is 4.93. The van der Waals surface area contributed by atoms with E-state index in [1.165, 1.54) is 0 Å². The first-order chi connectivity index (χ1) is 12.3. The van der Waals surface area contributed by atoms with Gasteiger partial charge in [-0.15, -0.1) is 0 Å². The molecule has 6 heteroatoms. The van der Waals surface area contributed by atoms with Crippen LogP contribution in [0.5, 0.6) is 11.5 Å². The molecule has 0 unspecified atom stereocenters. The zero-order valence-electron chi connectivity index (χ0n) is 14.5. The number of hydrogen-bond donors (Lipinski definition) is 0. The summed E-state index contributed by atoms with van der Waals surface area (Å²) in [4.78, 5) is 19.3. The van der Waals surface area contributed by atoms with Crippen LogP contribution in [0.3, 0.4) is 0 Å². The van der Waals surface area contributed by atoms with Gasteiger partial charge in [0.1, 0.15) is 19.0 Å². The van der Waals surface area contributed by atoms with Crippen molar-refractivity contribution in [1.82, 2.24) is 14.5 Å². The smallest absolute Gasteiger partial charge is 0.254 e. The molecule has 0 saturated carbocycles. The molecular weight excluding hydrogens is 318 g/mol. The summed E-state index contributed by atoms with van der Waals surface area (Å²) >= 11 is 0. The van der Waals surface area contributed by atoms with Crippen LogP contribution in [-0.2, 0) is 6.42 Å². The van der Waals surface area contributed by atoms with Gasteiger partial charge in [-0.2, -0.15) is 0 Å². The minimum absolute atomic E-state index is 0.0554. The Morgan fingerprint density at radius 2 is 2.12 bits per heavy atom. The Morgan fingerprint density at radius 3 is 2.96 bits per heavy atom. The van der Waals surface area contributed by atoms with Crippen LogP contribution in [0.4, 0.5) is 0 Å². The highest BCUT2D eigenvalue weighted by atomic mass is 16.6. The van der Waals surface area contributed by atoms with E-state index in [0.717, 1.165) is 38.2 Å².